The molecule has 6 fully saturated rings. The number of nitrogens with zero attached hydrogens (tertiary/aromatic N) is 5. The van der Waals surface area contributed by atoms with Crippen LogP contribution in [0.4, 0.5) is 5.13 Å². The highest BCUT2D eigenvalue weighted by Crippen LogP contribution is 3.03. The van der Waals surface area contributed by atoms with Crippen LogP contribution in [0.5, 0.6) is 5.75 Å². The second-order valence-corrected chi connectivity index (χ2v) is 19.3. The van der Waals surface area contributed by atoms with Crippen molar-refractivity contribution in [1.82, 2.24) is 25.4 Å². The number of methoxy groups -OCH3 is 1. The van der Waals surface area contributed by atoms with Gasteiger partial charge >= 0.3 is 0 Å². The maximum absolute atomic E-state index is 10.6. The van der Waals surface area contributed by atoms with E-state index < -0.39 is 5.95 Å². The molecule has 2 atom stereocenters. The Hall–Kier alpha value is -4.70. The third kappa shape index (κ3) is 5.74. The zero-order chi connectivity index (χ0) is 41.5. The molecule has 2 aromatic rings. The molecule has 314 valence electrons. The second-order valence-electron chi connectivity index (χ2n) is 18.3. The highest BCUT2D eigenvalue weighted by Gasteiger charge is 3.02. The van der Waals surface area contributed by atoms with Gasteiger partial charge < -0.3 is 46.7 Å². The standard InChI is InChI=1S/C44H58N10O4S/c1-26(36(46)52-39-50-32-19-28(57-5)8-10-33(32)59-39)29-7-6-14-54(37(29)47)34-11-9-30(35(51-34)38(55)56)31(20-45)27(2)49-25-42-21-40(3)23-43(24-41(4,22-42)44(40,42)43)58-18-17-53-15-12-48-13-16-53/h8-11,19-20,47-48,51,55-56H,6-7,12-18,21-25,45H2,1-5H3,(H2,46,50,52). The van der Waals surface area contributed by atoms with Crippen molar-refractivity contribution < 1.29 is 19.7 Å². The quantitative estimate of drug-likeness (QED) is 0.0763. The van der Waals surface area contributed by atoms with Crippen molar-refractivity contribution in [2.24, 2.45) is 43.1 Å². The van der Waals surface area contributed by atoms with Crippen LogP contribution in [0.1, 0.15) is 66.2 Å². The summed E-state index contributed by atoms with van der Waals surface area (Å²) in [7, 11) is 1.62. The van der Waals surface area contributed by atoms with Crippen molar-refractivity contribution in [3.63, 3.8) is 0 Å². The number of thiazole rings is 1. The Morgan fingerprint density at radius 3 is 2.51 bits per heavy atom. The highest BCUT2D eigenvalue weighted by atomic mass is 32.1. The van der Waals surface area contributed by atoms with Gasteiger partial charge in [0.2, 0.25) is 5.13 Å². The number of hydrogen-bond acceptors (Lipinski definition) is 13. The number of ether oxygens (including phenoxy) is 2. The van der Waals surface area contributed by atoms with E-state index in [0.29, 0.717) is 63.8 Å². The number of piperazine rings is 1. The van der Waals surface area contributed by atoms with Gasteiger partial charge in [0.1, 0.15) is 28.9 Å². The Balaban J connectivity index is 0.914. The molecule has 9 rings (SSSR count). The van der Waals surface area contributed by atoms with Crippen LogP contribution in [0, 0.1) is 27.1 Å². The SMILES string of the molecule is COc1ccc2sc(N=C(N)C(C)=C3CCCN(C4=CC=C(C(=CN)C(C)=NCC56CC7(C)CC8(OCCN9CCNCC9)CC(C)(C5)C768)C(=C(O)O)N4)C3=N)nc2c1. The molecule has 4 aliphatic carbocycles. The van der Waals surface area contributed by atoms with E-state index in [1.807, 2.05) is 49.1 Å². The summed E-state index contributed by atoms with van der Waals surface area (Å²) in [5, 5.41) is 37.7. The molecule has 0 bridgehead atoms. The Morgan fingerprint density at radius 2 is 1.83 bits per heavy atom. The summed E-state index contributed by atoms with van der Waals surface area (Å²) < 4.78 is 13.2. The van der Waals surface area contributed by atoms with Crippen LogP contribution in [0.25, 0.3) is 10.2 Å². The minimum absolute atomic E-state index is 0.0492. The number of aliphatic hydroxyl groups is 2. The highest BCUT2D eigenvalue weighted by molar-refractivity contribution is 7.22. The van der Waals surface area contributed by atoms with E-state index >= 15 is 0 Å². The summed E-state index contributed by atoms with van der Waals surface area (Å²) in [5.41, 5.74) is 17.8. The van der Waals surface area contributed by atoms with E-state index in [2.05, 4.69) is 39.4 Å². The Morgan fingerprint density at radius 1 is 1.08 bits per heavy atom. The van der Waals surface area contributed by atoms with Gasteiger partial charge in [-0.15, -0.1) is 0 Å². The third-order valence-electron chi connectivity index (χ3n) is 15.0. The monoisotopic (exact) mass is 822 g/mol. The average Bonchev–Trinajstić information content (AvgIpc) is 3.60. The first kappa shape index (κ1) is 39.7. The Bertz CT molecular complexity index is 2310. The van der Waals surface area contributed by atoms with E-state index in [-0.39, 0.29) is 28.0 Å². The van der Waals surface area contributed by atoms with Gasteiger partial charge in [0, 0.05) is 91.3 Å². The minimum Gasteiger partial charge on any atom is -0.497 e. The largest absolute Gasteiger partial charge is 0.497 e. The van der Waals surface area contributed by atoms with Crippen LogP contribution < -0.4 is 26.8 Å². The fourth-order valence-electron chi connectivity index (χ4n) is 13.6. The van der Waals surface area contributed by atoms with Gasteiger partial charge in [0.25, 0.3) is 5.95 Å². The summed E-state index contributed by atoms with van der Waals surface area (Å²) in [4.78, 5) is 18.8. The van der Waals surface area contributed by atoms with Crippen molar-refractivity contribution >= 4 is 44.1 Å². The molecule has 3 aliphatic heterocycles. The van der Waals surface area contributed by atoms with Crippen LogP contribution >= 0.6 is 11.3 Å². The summed E-state index contributed by atoms with van der Waals surface area (Å²) in [6.45, 7) is 16.0. The van der Waals surface area contributed by atoms with Crippen LogP contribution in [0.3, 0.4) is 0 Å². The van der Waals surface area contributed by atoms with Gasteiger partial charge in [0.15, 0.2) is 0 Å². The Labute approximate surface area is 350 Å². The molecular formula is C44H58N10O4S. The topological polar surface area (TPSA) is 203 Å². The molecule has 2 unspecified atom stereocenters. The molecule has 59 heavy (non-hydrogen) atoms. The number of dihydropyridines is 1. The number of likely N-dealkylation sites (tertiary alicyclic amines) is 1. The summed E-state index contributed by atoms with van der Waals surface area (Å²) in [5.74, 6) is 0.933. The average molecular weight is 823 g/mol. The maximum atomic E-state index is 10.6. The second kappa shape index (κ2) is 14.2. The molecule has 15 heteroatoms. The number of rotatable bonds is 12. The number of nitrogens with one attached hydrogen (secondary N) is 3. The molecule has 4 saturated carbocycles. The molecule has 7 aliphatic rings. The lowest BCUT2D eigenvalue weighted by Gasteiger charge is -3.02. The normalized spacial score (nSPS) is 34.0. The number of amidine groups is 2. The lowest BCUT2D eigenvalue weighted by molar-refractivity contribution is -0.565. The summed E-state index contributed by atoms with van der Waals surface area (Å²) in [6, 6.07) is 5.70. The smallest absolute Gasteiger partial charge is 0.299 e. The summed E-state index contributed by atoms with van der Waals surface area (Å²) in [6.07, 6.45) is 11.1. The minimum atomic E-state index is -0.872. The van der Waals surface area contributed by atoms with E-state index in [4.69, 9.17) is 25.9 Å². The van der Waals surface area contributed by atoms with Gasteiger partial charge in [-0.3, -0.25) is 15.3 Å². The lowest BCUT2D eigenvalue weighted by Crippen LogP contribution is -3.01. The predicted octanol–water partition coefficient (Wildman–Crippen LogP) is 5.90. The number of hydrogen-bond donors (Lipinski definition) is 7. The lowest BCUT2D eigenvalue weighted by atomic mass is 9.03. The number of fused-ring (bicyclic) bond motifs is 1. The van der Waals surface area contributed by atoms with Crippen LogP contribution in [-0.2, 0) is 4.74 Å². The van der Waals surface area contributed by atoms with Crippen LogP contribution in [0.15, 0.2) is 86.3 Å². The van der Waals surface area contributed by atoms with Gasteiger partial charge in [-0.2, -0.15) is 0 Å². The molecule has 1 spiro atoms. The van der Waals surface area contributed by atoms with Crippen molar-refractivity contribution in [3.05, 3.63) is 76.3 Å². The molecule has 1 aromatic carbocycles. The number of aromatic nitrogens is 1. The fraction of sp³-hybridized carbons (Fsp3) is 0.545. The number of aliphatic hydroxyl groups excluding tert-OH is 1. The van der Waals surface area contributed by atoms with E-state index in [9.17, 15) is 15.6 Å². The number of nitrogens with two attached hydrogens (primary N) is 2. The third-order valence-corrected chi connectivity index (χ3v) is 15.9. The van der Waals surface area contributed by atoms with Crippen molar-refractivity contribution in [2.45, 2.75) is 71.8 Å². The zero-order valence-electron chi connectivity index (χ0n) is 34.9. The fourth-order valence-corrected chi connectivity index (χ4v) is 14.4. The molecule has 0 radical (unpaired) electrons. The van der Waals surface area contributed by atoms with Crippen LogP contribution in [0.2, 0.25) is 0 Å². The zero-order valence-corrected chi connectivity index (χ0v) is 35.7. The molecule has 2 saturated heterocycles. The molecule has 14 nitrogen and oxygen atoms in total. The van der Waals surface area contributed by atoms with E-state index in [1.165, 1.54) is 17.5 Å². The van der Waals surface area contributed by atoms with Gasteiger partial charge in [0.05, 0.1) is 29.5 Å². The molecule has 9 N–H and O–H groups in total. The first-order valence-corrected chi connectivity index (χ1v) is 21.7. The van der Waals surface area contributed by atoms with Crippen molar-refractivity contribution in [2.75, 3.05) is 59.5 Å². The van der Waals surface area contributed by atoms with Crippen molar-refractivity contribution in [3.8, 4) is 5.75 Å². The molecule has 0 amide bonds. The first-order chi connectivity index (χ1) is 28.2. The Kier molecular flexibility index (Phi) is 9.57. The van der Waals surface area contributed by atoms with Crippen LogP contribution in [-0.4, -0.2) is 108 Å². The van der Waals surface area contributed by atoms with Crippen molar-refractivity contribution in [1.29, 1.82) is 5.41 Å². The predicted molar refractivity (Wildman–Crippen MR) is 233 cm³/mol. The molecule has 1 aromatic heterocycles. The van der Waals surface area contributed by atoms with E-state index in [0.717, 1.165) is 98.7 Å². The summed E-state index contributed by atoms with van der Waals surface area (Å²) >= 11 is 1.43. The van der Waals surface area contributed by atoms with Gasteiger partial charge in [-0.1, -0.05) is 25.2 Å². The van der Waals surface area contributed by atoms with Gasteiger partial charge in [-0.25, -0.2) is 9.98 Å². The molecular weight excluding hydrogens is 765 g/mol. The molecule has 4 heterocycles. The maximum Gasteiger partial charge on any atom is 0.299 e. The number of piperidine rings is 1. The first-order valence-electron chi connectivity index (χ1n) is 20.9. The number of benzene rings is 1. The van der Waals surface area contributed by atoms with Gasteiger partial charge in [-0.05, 0) is 93.1 Å². The van der Waals surface area contributed by atoms with E-state index in [1.54, 1.807) is 7.11 Å². The number of allylic oxidation sites excluding steroid dienone is 3. The number of aliphatic imine (C=N–C) groups is 2.